The molecule has 0 saturated heterocycles. The lowest BCUT2D eigenvalue weighted by atomic mass is 9.33. The Hall–Kier alpha value is -2.95. The van der Waals surface area contributed by atoms with Crippen LogP contribution in [0.1, 0.15) is 121 Å². The molecule has 4 saturated carbocycles. The van der Waals surface area contributed by atoms with Crippen molar-refractivity contribution in [3.8, 4) is 0 Å². The predicted molar refractivity (Wildman–Crippen MR) is 185 cm³/mol. The molecule has 0 aromatic carbocycles. The van der Waals surface area contributed by atoms with Gasteiger partial charge in [-0.15, -0.1) is 0 Å². The molecule has 0 amide bonds. The van der Waals surface area contributed by atoms with Gasteiger partial charge in [-0.25, -0.2) is 0 Å². The number of carbonyl (C=O) groups excluding carboxylic acids is 5. The topological polar surface area (TPSA) is 152 Å². The van der Waals surface area contributed by atoms with Crippen molar-refractivity contribution >= 4 is 29.8 Å². The van der Waals surface area contributed by atoms with E-state index in [1.807, 2.05) is 13.8 Å². The summed E-state index contributed by atoms with van der Waals surface area (Å²) < 4.78 is 29.4. The van der Waals surface area contributed by atoms with Gasteiger partial charge in [0.2, 0.25) is 0 Å². The minimum absolute atomic E-state index is 0.0992. The summed E-state index contributed by atoms with van der Waals surface area (Å²) in [7, 11) is 0. The number of carbonyl (C=O) groups is 5. The van der Waals surface area contributed by atoms with Crippen molar-refractivity contribution in [1.82, 2.24) is 0 Å². The highest BCUT2D eigenvalue weighted by molar-refractivity contribution is 5.68. The third-order valence-corrected chi connectivity index (χ3v) is 14.8. The van der Waals surface area contributed by atoms with Crippen LogP contribution in [0.5, 0.6) is 0 Å². The van der Waals surface area contributed by atoms with Crippen LogP contribution in [0.3, 0.4) is 0 Å². The average molecular weight is 717 g/mol. The second-order valence-electron chi connectivity index (χ2n) is 18.1. The fraction of sp³-hybridized carbons (Fsp3) is 0.825. The monoisotopic (exact) mass is 716 g/mol. The Labute approximate surface area is 302 Å². The van der Waals surface area contributed by atoms with E-state index in [1.165, 1.54) is 40.2 Å². The highest BCUT2D eigenvalue weighted by atomic mass is 16.6. The van der Waals surface area contributed by atoms with Crippen LogP contribution in [0.15, 0.2) is 11.6 Å². The third-order valence-electron chi connectivity index (χ3n) is 14.8. The minimum atomic E-state index is -1.26. The van der Waals surface area contributed by atoms with Crippen molar-refractivity contribution in [3.05, 3.63) is 11.6 Å². The van der Waals surface area contributed by atoms with E-state index in [0.29, 0.717) is 19.3 Å². The van der Waals surface area contributed by atoms with Crippen LogP contribution < -0.4 is 0 Å². The summed E-state index contributed by atoms with van der Waals surface area (Å²) in [6, 6.07) is 0. The first kappa shape index (κ1) is 39.3. The molecule has 1 N–H and O–H groups in total. The first-order valence-corrected chi connectivity index (χ1v) is 18.7. The molecule has 5 aliphatic carbocycles. The van der Waals surface area contributed by atoms with Gasteiger partial charge in [0.05, 0.1) is 11.5 Å². The van der Waals surface area contributed by atoms with Gasteiger partial charge in [0, 0.05) is 45.4 Å². The van der Waals surface area contributed by atoms with E-state index >= 15 is 0 Å². The third kappa shape index (κ3) is 6.11. The largest absolute Gasteiger partial charge is 0.465 e. The van der Waals surface area contributed by atoms with Crippen LogP contribution in [0, 0.1) is 50.2 Å². The Morgan fingerprint density at radius 1 is 0.706 bits per heavy atom. The lowest BCUT2D eigenvalue weighted by Gasteiger charge is -2.72. The summed E-state index contributed by atoms with van der Waals surface area (Å²) in [6.07, 6.45) is 3.67. The maximum Gasteiger partial charge on any atom is 0.303 e. The van der Waals surface area contributed by atoms with E-state index < -0.39 is 57.9 Å². The molecule has 0 radical (unpaired) electrons. The number of hydrogen-bond donors (Lipinski definition) is 1. The maximum absolute atomic E-state index is 12.8. The number of ether oxygens (including phenoxy) is 5. The van der Waals surface area contributed by atoms with E-state index in [4.69, 9.17) is 23.7 Å². The van der Waals surface area contributed by atoms with Gasteiger partial charge in [0.15, 0.2) is 6.10 Å². The minimum Gasteiger partial charge on any atom is -0.465 e. The highest BCUT2D eigenvalue weighted by Crippen LogP contribution is 2.76. The van der Waals surface area contributed by atoms with Crippen molar-refractivity contribution in [3.63, 3.8) is 0 Å². The summed E-state index contributed by atoms with van der Waals surface area (Å²) in [5, 5.41) is 12.7. The van der Waals surface area contributed by atoms with Gasteiger partial charge >= 0.3 is 29.8 Å². The molecule has 0 aromatic rings. The molecule has 0 aliphatic heterocycles. The zero-order valence-electron chi connectivity index (χ0n) is 32.5. The quantitative estimate of drug-likeness (QED) is 0.191. The number of aliphatic hydroxyl groups is 1. The second kappa shape index (κ2) is 13.2. The number of allylic oxidation sites excluding steroid dienone is 2. The summed E-state index contributed by atoms with van der Waals surface area (Å²) in [5.41, 5.74) is -2.30. The fourth-order valence-electron chi connectivity index (χ4n) is 12.4. The first-order valence-electron chi connectivity index (χ1n) is 18.7. The molecular weight excluding hydrogens is 656 g/mol. The summed E-state index contributed by atoms with van der Waals surface area (Å²) >= 11 is 0. The number of esters is 5. The Morgan fingerprint density at radius 2 is 1.27 bits per heavy atom. The van der Waals surface area contributed by atoms with Gasteiger partial charge < -0.3 is 28.8 Å². The fourth-order valence-corrected chi connectivity index (χ4v) is 12.4. The SMILES string of the molecule is CC(=O)OCC1(C)C(OC(C)=O)CCC2(C)C1CCC1(C)C2CC=C2C3CC(C)(C)C(OC(C)=O)C(OC(C)=O)C3(COC(C)=O)C(O)CC21C. The molecule has 12 atom stereocenters. The zero-order chi connectivity index (χ0) is 38.1. The predicted octanol–water partition coefficient (Wildman–Crippen LogP) is 5.88. The second-order valence-corrected chi connectivity index (χ2v) is 18.1. The van der Waals surface area contributed by atoms with E-state index in [9.17, 15) is 29.1 Å². The molecule has 5 rings (SSSR count). The van der Waals surface area contributed by atoms with E-state index in [-0.39, 0.29) is 59.8 Å². The molecule has 11 heteroatoms. The van der Waals surface area contributed by atoms with Crippen LogP contribution in [-0.4, -0.2) is 72.6 Å². The van der Waals surface area contributed by atoms with Crippen LogP contribution in [0.4, 0.5) is 0 Å². The lowest BCUT2D eigenvalue weighted by Crippen LogP contribution is -2.72. The number of rotatable bonds is 7. The molecule has 5 aliphatic rings. The van der Waals surface area contributed by atoms with Crippen LogP contribution in [-0.2, 0) is 47.7 Å². The van der Waals surface area contributed by atoms with Crippen LogP contribution in [0.25, 0.3) is 0 Å². The van der Waals surface area contributed by atoms with E-state index in [2.05, 4.69) is 33.8 Å². The van der Waals surface area contributed by atoms with Crippen molar-refractivity contribution in [2.75, 3.05) is 13.2 Å². The molecule has 0 aromatic heterocycles. The molecule has 12 unspecified atom stereocenters. The van der Waals surface area contributed by atoms with Gasteiger partial charge in [-0.05, 0) is 78.9 Å². The molecule has 0 bridgehead atoms. The molecule has 4 fully saturated rings. The normalized spacial score (nSPS) is 43.8. The van der Waals surface area contributed by atoms with Crippen molar-refractivity contribution < 1.29 is 52.8 Å². The first-order chi connectivity index (χ1) is 23.5. The maximum atomic E-state index is 12.8. The van der Waals surface area contributed by atoms with Gasteiger partial charge in [-0.1, -0.05) is 53.2 Å². The van der Waals surface area contributed by atoms with E-state index in [1.54, 1.807) is 0 Å². The van der Waals surface area contributed by atoms with Crippen molar-refractivity contribution in [1.29, 1.82) is 0 Å². The smallest absolute Gasteiger partial charge is 0.303 e. The number of fused-ring (bicyclic) bond motifs is 7. The Kier molecular flexibility index (Phi) is 10.1. The summed E-state index contributed by atoms with van der Waals surface area (Å²) in [5.74, 6) is -2.39. The van der Waals surface area contributed by atoms with Gasteiger partial charge in [0.25, 0.3) is 0 Å². The molecule has 0 heterocycles. The molecule has 286 valence electrons. The molecule has 51 heavy (non-hydrogen) atoms. The Morgan fingerprint density at radius 3 is 1.84 bits per heavy atom. The molecule has 0 spiro atoms. The molecular formula is C40H60O11. The van der Waals surface area contributed by atoms with Gasteiger partial charge in [0.1, 0.15) is 25.4 Å². The van der Waals surface area contributed by atoms with Crippen LogP contribution >= 0.6 is 0 Å². The molecule has 11 nitrogen and oxygen atoms in total. The van der Waals surface area contributed by atoms with Crippen LogP contribution in [0.2, 0.25) is 0 Å². The summed E-state index contributed by atoms with van der Waals surface area (Å²) in [4.78, 5) is 62.0. The Balaban J connectivity index is 1.64. The average Bonchev–Trinajstić information content (AvgIpc) is 2.99. The van der Waals surface area contributed by atoms with Crippen molar-refractivity contribution in [2.24, 2.45) is 50.2 Å². The number of aliphatic hydroxyl groups excluding tert-OH is 1. The number of hydrogen-bond acceptors (Lipinski definition) is 11. The standard InChI is InChI=1S/C40H60O11/c1-22(41)47-20-37(9)29-14-17-38(10)30(36(29,8)16-15-32(37)49-24(3)43)13-12-27-28-18-35(6,7)33(50-25(4)44)34(51-26(5)45)40(28,21-48-23(2)42)31(46)19-39(27,38)11/h12,28-34,46H,13-21H2,1-11H3. The Bertz CT molecular complexity index is 1480. The summed E-state index contributed by atoms with van der Waals surface area (Å²) in [6.45, 7) is 19.8. The highest BCUT2D eigenvalue weighted by Gasteiger charge is 2.74. The van der Waals surface area contributed by atoms with Gasteiger partial charge in [-0.3, -0.25) is 24.0 Å². The van der Waals surface area contributed by atoms with Crippen molar-refractivity contribution in [2.45, 2.75) is 146 Å². The van der Waals surface area contributed by atoms with E-state index in [0.717, 1.165) is 25.7 Å². The lowest BCUT2D eigenvalue weighted by molar-refractivity contribution is -0.269. The van der Waals surface area contributed by atoms with Gasteiger partial charge in [-0.2, -0.15) is 0 Å². The zero-order valence-corrected chi connectivity index (χ0v) is 32.5.